The van der Waals surface area contributed by atoms with Gasteiger partial charge in [0, 0.05) is 5.57 Å². The quantitative estimate of drug-likeness (QED) is 0.549. The second kappa shape index (κ2) is 2.70. The van der Waals surface area contributed by atoms with E-state index >= 15 is 0 Å². The van der Waals surface area contributed by atoms with Gasteiger partial charge in [0.2, 0.25) is 0 Å². The maximum absolute atomic E-state index is 11.0. The Morgan fingerprint density at radius 3 is 2.36 bits per heavy atom. The summed E-state index contributed by atoms with van der Waals surface area (Å²) in [6.45, 7) is 1.77. The lowest BCUT2D eigenvalue weighted by atomic mass is 10.2. The maximum atomic E-state index is 11.0. The van der Waals surface area contributed by atoms with Crippen LogP contribution in [0.2, 0.25) is 0 Å². The third-order valence-corrected chi connectivity index (χ3v) is 1.55. The number of hydrogen-bond acceptors (Lipinski definition) is 3. The lowest BCUT2D eigenvalue weighted by molar-refractivity contribution is -0.120. The molecule has 0 unspecified atom stereocenters. The molecule has 0 radical (unpaired) electrons. The molecule has 0 aromatic rings. The summed E-state index contributed by atoms with van der Waals surface area (Å²) in [5.41, 5.74) is 5.82. The molecule has 3 nitrogen and oxygen atoms in total. The summed E-state index contributed by atoms with van der Waals surface area (Å²) in [7, 11) is 0. The second-order valence-electron chi connectivity index (χ2n) is 2.35. The van der Waals surface area contributed by atoms with Crippen LogP contribution in [0.15, 0.2) is 23.4 Å². The SMILES string of the molecule is C/C=C\C1=C(N)C(=O)CC1=O. The number of nitrogens with two attached hydrogens (primary N) is 1. The van der Waals surface area contributed by atoms with Gasteiger partial charge in [-0.25, -0.2) is 0 Å². The highest BCUT2D eigenvalue weighted by Crippen LogP contribution is 2.16. The summed E-state index contributed by atoms with van der Waals surface area (Å²) >= 11 is 0. The Bertz CT molecular complexity index is 274. The molecule has 0 aliphatic heterocycles. The number of carbonyl (C=O) groups excluding carboxylic acids is 2. The molecule has 0 saturated carbocycles. The van der Waals surface area contributed by atoms with Crippen LogP contribution in [0, 0.1) is 0 Å². The lowest BCUT2D eigenvalue weighted by Crippen LogP contribution is -2.05. The molecule has 3 heteroatoms. The first-order valence-corrected chi connectivity index (χ1v) is 3.35. The first-order chi connectivity index (χ1) is 5.16. The third kappa shape index (κ3) is 1.22. The Balaban J connectivity index is 3.06. The van der Waals surface area contributed by atoms with Crippen LogP contribution in [0.3, 0.4) is 0 Å². The molecule has 1 aliphatic carbocycles. The van der Waals surface area contributed by atoms with Crippen LogP contribution in [-0.2, 0) is 9.59 Å². The Hall–Kier alpha value is -1.38. The monoisotopic (exact) mass is 151 g/mol. The van der Waals surface area contributed by atoms with E-state index in [4.69, 9.17) is 5.73 Å². The molecule has 0 heterocycles. The average molecular weight is 151 g/mol. The molecule has 0 spiro atoms. The van der Waals surface area contributed by atoms with Crippen molar-refractivity contribution in [3.05, 3.63) is 23.4 Å². The topological polar surface area (TPSA) is 60.2 Å². The fourth-order valence-corrected chi connectivity index (χ4v) is 0.986. The van der Waals surface area contributed by atoms with Gasteiger partial charge in [0.15, 0.2) is 11.6 Å². The highest BCUT2D eigenvalue weighted by atomic mass is 16.2. The van der Waals surface area contributed by atoms with E-state index in [9.17, 15) is 9.59 Å². The molecule has 1 aliphatic rings. The molecular weight excluding hydrogens is 142 g/mol. The van der Waals surface area contributed by atoms with Gasteiger partial charge in [-0.2, -0.15) is 0 Å². The smallest absolute Gasteiger partial charge is 0.186 e. The number of hydrogen-bond donors (Lipinski definition) is 1. The highest BCUT2D eigenvalue weighted by molar-refractivity contribution is 6.23. The third-order valence-electron chi connectivity index (χ3n) is 1.55. The summed E-state index contributed by atoms with van der Waals surface area (Å²) < 4.78 is 0. The largest absolute Gasteiger partial charge is 0.395 e. The minimum Gasteiger partial charge on any atom is -0.395 e. The molecular formula is C8H9NO2. The molecule has 0 amide bonds. The minimum atomic E-state index is -0.261. The zero-order valence-corrected chi connectivity index (χ0v) is 6.26. The molecule has 11 heavy (non-hydrogen) atoms. The van der Waals surface area contributed by atoms with Crippen molar-refractivity contribution < 1.29 is 9.59 Å². The first-order valence-electron chi connectivity index (χ1n) is 3.35. The second-order valence-corrected chi connectivity index (χ2v) is 2.35. The lowest BCUT2D eigenvalue weighted by Gasteiger charge is -1.89. The van der Waals surface area contributed by atoms with E-state index in [1.807, 2.05) is 0 Å². The van der Waals surface area contributed by atoms with E-state index in [1.165, 1.54) is 0 Å². The van der Waals surface area contributed by atoms with E-state index in [0.29, 0.717) is 5.57 Å². The van der Waals surface area contributed by atoms with E-state index in [1.54, 1.807) is 19.1 Å². The van der Waals surface area contributed by atoms with Crippen LogP contribution in [0.4, 0.5) is 0 Å². The van der Waals surface area contributed by atoms with Crippen molar-refractivity contribution in [2.75, 3.05) is 0 Å². The maximum Gasteiger partial charge on any atom is 0.186 e. The van der Waals surface area contributed by atoms with Crippen molar-refractivity contribution in [3.8, 4) is 0 Å². The van der Waals surface area contributed by atoms with Gasteiger partial charge in [0.1, 0.15) is 0 Å². The molecule has 0 bridgehead atoms. The molecule has 0 saturated heterocycles. The first kappa shape index (κ1) is 7.72. The Labute approximate surface area is 64.6 Å². The summed E-state index contributed by atoms with van der Waals surface area (Å²) in [5.74, 6) is -0.436. The van der Waals surface area contributed by atoms with E-state index in [2.05, 4.69) is 0 Å². The Morgan fingerprint density at radius 2 is 2.00 bits per heavy atom. The number of carbonyl (C=O) groups is 2. The van der Waals surface area contributed by atoms with Gasteiger partial charge >= 0.3 is 0 Å². The summed E-state index contributed by atoms with van der Waals surface area (Å²) in [6, 6.07) is 0. The van der Waals surface area contributed by atoms with Crippen molar-refractivity contribution in [3.63, 3.8) is 0 Å². The summed E-state index contributed by atoms with van der Waals surface area (Å²) in [5, 5.41) is 0. The number of rotatable bonds is 1. The summed E-state index contributed by atoms with van der Waals surface area (Å²) in [6.07, 6.45) is 3.20. The van der Waals surface area contributed by atoms with Crippen LogP contribution in [0.25, 0.3) is 0 Å². The van der Waals surface area contributed by atoms with Crippen LogP contribution in [0.1, 0.15) is 13.3 Å². The van der Waals surface area contributed by atoms with E-state index < -0.39 is 0 Å². The van der Waals surface area contributed by atoms with Crippen molar-refractivity contribution >= 4 is 11.6 Å². The predicted octanol–water partition coefficient (Wildman–Crippen LogP) is 0.317. The van der Waals surface area contributed by atoms with Gasteiger partial charge in [-0.3, -0.25) is 9.59 Å². The predicted molar refractivity (Wildman–Crippen MR) is 40.7 cm³/mol. The molecule has 0 fully saturated rings. The van der Waals surface area contributed by atoms with Crippen molar-refractivity contribution in [1.29, 1.82) is 0 Å². The van der Waals surface area contributed by atoms with Crippen molar-refractivity contribution in [2.24, 2.45) is 5.73 Å². The van der Waals surface area contributed by atoms with Gasteiger partial charge in [0.25, 0.3) is 0 Å². The highest BCUT2D eigenvalue weighted by Gasteiger charge is 2.26. The van der Waals surface area contributed by atoms with Crippen LogP contribution < -0.4 is 5.73 Å². The molecule has 0 aromatic heterocycles. The van der Waals surface area contributed by atoms with E-state index in [0.717, 1.165) is 0 Å². The van der Waals surface area contributed by atoms with Gasteiger partial charge in [-0.15, -0.1) is 0 Å². The van der Waals surface area contributed by atoms with Crippen LogP contribution in [0.5, 0.6) is 0 Å². The van der Waals surface area contributed by atoms with Crippen LogP contribution >= 0.6 is 0 Å². The van der Waals surface area contributed by atoms with Crippen LogP contribution in [-0.4, -0.2) is 11.6 Å². The van der Waals surface area contributed by atoms with Crippen molar-refractivity contribution in [2.45, 2.75) is 13.3 Å². The molecule has 1 rings (SSSR count). The average Bonchev–Trinajstić information content (AvgIpc) is 2.17. The molecule has 2 N–H and O–H groups in total. The van der Waals surface area contributed by atoms with Crippen molar-refractivity contribution in [1.82, 2.24) is 0 Å². The summed E-state index contributed by atoms with van der Waals surface area (Å²) in [4.78, 5) is 21.8. The fourth-order valence-electron chi connectivity index (χ4n) is 0.986. The van der Waals surface area contributed by atoms with Gasteiger partial charge in [0.05, 0.1) is 12.1 Å². The molecule has 58 valence electrons. The standard InChI is InChI=1S/C8H9NO2/c1-2-3-5-6(10)4-7(11)8(5)9/h2-3H,4,9H2,1H3/b3-2-. The van der Waals surface area contributed by atoms with Gasteiger partial charge in [-0.1, -0.05) is 12.2 Å². The Kier molecular flexibility index (Phi) is 1.89. The normalized spacial score (nSPS) is 19.0. The minimum absolute atomic E-state index is 0.0640. The zero-order valence-electron chi connectivity index (χ0n) is 6.26. The van der Waals surface area contributed by atoms with Gasteiger partial charge < -0.3 is 5.73 Å². The Morgan fingerprint density at radius 1 is 1.36 bits per heavy atom. The van der Waals surface area contributed by atoms with Gasteiger partial charge in [-0.05, 0) is 6.92 Å². The van der Waals surface area contributed by atoms with E-state index in [-0.39, 0.29) is 23.7 Å². The number of ketones is 2. The fraction of sp³-hybridized carbons (Fsp3) is 0.250. The number of allylic oxidation sites excluding steroid dienone is 4. The molecule has 0 aromatic carbocycles. The number of Topliss-reactive ketones (excluding diaryl/α,β-unsaturated/α-hetero) is 2. The zero-order chi connectivity index (χ0) is 8.43. The molecule has 0 atom stereocenters.